The summed E-state index contributed by atoms with van der Waals surface area (Å²) in [5.41, 5.74) is 3.47. The Morgan fingerprint density at radius 2 is 2.00 bits per heavy atom. The van der Waals surface area contributed by atoms with Gasteiger partial charge in [-0.15, -0.1) is 11.3 Å². The fourth-order valence-electron chi connectivity index (χ4n) is 4.03. The maximum atomic E-state index is 13.7. The highest BCUT2D eigenvalue weighted by Crippen LogP contribution is 2.37. The van der Waals surface area contributed by atoms with Gasteiger partial charge in [0.15, 0.2) is 6.10 Å². The van der Waals surface area contributed by atoms with Crippen molar-refractivity contribution in [3.63, 3.8) is 0 Å². The minimum atomic E-state index is -0.616. The van der Waals surface area contributed by atoms with E-state index in [-0.39, 0.29) is 11.9 Å². The third-order valence-corrected chi connectivity index (χ3v) is 6.11. The lowest BCUT2D eigenvalue weighted by atomic mass is 9.86. The zero-order valence-electron chi connectivity index (χ0n) is 16.0. The average molecular weight is 393 g/mol. The Hall–Kier alpha value is -2.50. The van der Waals surface area contributed by atoms with Gasteiger partial charge < -0.3 is 9.64 Å². The van der Waals surface area contributed by atoms with Gasteiger partial charge in [-0.3, -0.25) is 4.79 Å². The number of methoxy groups -OCH3 is 1. The van der Waals surface area contributed by atoms with Crippen LogP contribution in [-0.4, -0.2) is 22.9 Å². The maximum absolute atomic E-state index is 13.7. The summed E-state index contributed by atoms with van der Waals surface area (Å²) in [4.78, 5) is 20.1. The molecule has 1 aliphatic carbocycles. The summed E-state index contributed by atoms with van der Waals surface area (Å²) in [5.74, 6) is -0.00870. The van der Waals surface area contributed by atoms with Crippen molar-refractivity contribution in [2.75, 3.05) is 7.11 Å². The Morgan fingerprint density at radius 1 is 1.21 bits per heavy atom. The van der Waals surface area contributed by atoms with E-state index >= 15 is 0 Å². The zero-order chi connectivity index (χ0) is 19.3. The minimum absolute atomic E-state index is 0.00870. The van der Waals surface area contributed by atoms with Crippen LogP contribution in [0.1, 0.15) is 46.7 Å². The van der Waals surface area contributed by atoms with Crippen LogP contribution in [0.5, 0.6) is 0 Å². The number of aromatic nitrogens is 1. The molecule has 0 aliphatic heterocycles. The first-order valence-corrected chi connectivity index (χ1v) is 10.5. The monoisotopic (exact) mass is 392 g/mol. The topological polar surface area (TPSA) is 42.4 Å². The number of hydrogen-bond acceptors (Lipinski definition) is 4. The molecule has 2 aromatic carbocycles. The van der Waals surface area contributed by atoms with Gasteiger partial charge >= 0.3 is 0 Å². The Balaban J connectivity index is 1.71. The zero-order valence-corrected chi connectivity index (χ0v) is 16.8. The highest BCUT2D eigenvalue weighted by atomic mass is 32.1. The van der Waals surface area contributed by atoms with E-state index in [9.17, 15) is 4.79 Å². The first-order chi connectivity index (χ1) is 13.8. The normalized spacial score (nSPS) is 17.0. The van der Waals surface area contributed by atoms with E-state index < -0.39 is 6.10 Å². The molecule has 0 bridgehead atoms. The summed E-state index contributed by atoms with van der Waals surface area (Å²) in [5, 5.41) is 2.90. The lowest BCUT2D eigenvalue weighted by molar-refractivity contribution is -0.146. The summed E-state index contributed by atoms with van der Waals surface area (Å²) >= 11 is 1.58. The number of fused-ring (bicyclic) bond motifs is 1. The molecule has 1 amide bonds. The Morgan fingerprint density at radius 3 is 2.75 bits per heavy atom. The molecule has 28 heavy (non-hydrogen) atoms. The minimum Gasteiger partial charge on any atom is -0.367 e. The summed E-state index contributed by atoms with van der Waals surface area (Å²) in [6, 6.07) is 18.2. The summed E-state index contributed by atoms with van der Waals surface area (Å²) in [7, 11) is 1.60. The molecule has 1 aromatic heterocycles. The first-order valence-electron chi connectivity index (χ1n) is 9.62. The van der Waals surface area contributed by atoms with Crippen LogP contribution < -0.4 is 0 Å². The molecule has 4 nitrogen and oxygen atoms in total. The van der Waals surface area contributed by atoms with Gasteiger partial charge in [0, 0.05) is 18.7 Å². The molecule has 0 unspecified atom stereocenters. The molecule has 1 aliphatic rings. The maximum Gasteiger partial charge on any atom is 0.257 e. The van der Waals surface area contributed by atoms with E-state index in [0.29, 0.717) is 6.54 Å². The van der Waals surface area contributed by atoms with Crippen molar-refractivity contribution in [2.24, 2.45) is 0 Å². The fraction of sp³-hybridized carbons (Fsp3) is 0.304. The van der Waals surface area contributed by atoms with Gasteiger partial charge in [0.05, 0.1) is 12.6 Å². The van der Waals surface area contributed by atoms with Crippen molar-refractivity contribution in [2.45, 2.75) is 38.0 Å². The predicted octanol–water partition coefficient (Wildman–Crippen LogP) is 4.94. The van der Waals surface area contributed by atoms with E-state index in [4.69, 9.17) is 4.74 Å². The van der Waals surface area contributed by atoms with Gasteiger partial charge in [0.1, 0.15) is 5.01 Å². The van der Waals surface area contributed by atoms with Crippen LogP contribution in [-0.2, 0) is 22.5 Å². The fourth-order valence-corrected chi connectivity index (χ4v) is 4.64. The van der Waals surface area contributed by atoms with E-state index in [0.717, 1.165) is 29.8 Å². The van der Waals surface area contributed by atoms with E-state index in [1.165, 1.54) is 11.1 Å². The third kappa shape index (κ3) is 3.86. The molecule has 0 saturated carbocycles. The molecule has 0 radical (unpaired) electrons. The van der Waals surface area contributed by atoms with Crippen LogP contribution in [0.15, 0.2) is 66.2 Å². The van der Waals surface area contributed by atoms with Crippen molar-refractivity contribution in [1.29, 1.82) is 0 Å². The molecular weight excluding hydrogens is 368 g/mol. The van der Waals surface area contributed by atoms with Gasteiger partial charge in [0.2, 0.25) is 0 Å². The van der Waals surface area contributed by atoms with E-state index in [1.54, 1.807) is 24.6 Å². The highest BCUT2D eigenvalue weighted by Gasteiger charge is 2.34. The van der Waals surface area contributed by atoms with Crippen LogP contribution in [0.2, 0.25) is 0 Å². The third-order valence-electron chi connectivity index (χ3n) is 5.35. The second-order valence-corrected chi connectivity index (χ2v) is 8.00. The lowest BCUT2D eigenvalue weighted by Crippen LogP contribution is -2.39. The van der Waals surface area contributed by atoms with Gasteiger partial charge in [0.25, 0.3) is 5.91 Å². The van der Waals surface area contributed by atoms with Crippen molar-refractivity contribution in [3.05, 3.63) is 87.9 Å². The second-order valence-electron chi connectivity index (χ2n) is 7.03. The first kappa shape index (κ1) is 18.8. The molecular formula is C23H24N2O2S. The van der Waals surface area contributed by atoms with Gasteiger partial charge in [-0.1, -0.05) is 54.6 Å². The number of carbonyl (C=O) groups excluding carboxylic acids is 1. The van der Waals surface area contributed by atoms with E-state index in [2.05, 4.69) is 29.2 Å². The molecule has 0 spiro atoms. The number of amides is 1. The SMILES string of the molecule is CO[C@H](C(=O)N(Cc1nccs1)[C@H]1CCCc2ccccc21)c1ccccc1. The number of aryl methyl sites for hydroxylation is 1. The predicted molar refractivity (Wildman–Crippen MR) is 111 cm³/mol. The molecule has 144 valence electrons. The number of hydrogen-bond donors (Lipinski definition) is 0. The lowest BCUT2D eigenvalue weighted by Gasteiger charge is -2.37. The van der Waals surface area contributed by atoms with Crippen LogP contribution in [0.3, 0.4) is 0 Å². The molecule has 0 N–H and O–H groups in total. The molecule has 0 fully saturated rings. The number of nitrogens with zero attached hydrogens (tertiary/aromatic N) is 2. The number of thiazole rings is 1. The standard InChI is InChI=1S/C23H24N2O2S/c1-27-22(18-9-3-2-4-10-18)23(26)25(16-21-24-14-15-28-21)20-13-7-11-17-8-5-6-12-19(17)20/h2-6,8-10,12,14-15,20,22H,7,11,13,16H2,1H3/t20-,22-/m0/s1. The average Bonchev–Trinajstić information content (AvgIpc) is 3.26. The number of carbonyl (C=O) groups is 1. The van der Waals surface area contributed by atoms with Crippen molar-refractivity contribution in [1.82, 2.24) is 9.88 Å². The summed E-state index contributed by atoms with van der Waals surface area (Å²) < 4.78 is 5.67. The van der Waals surface area contributed by atoms with Crippen LogP contribution in [0, 0.1) is 0 Å². The molecule has 5 heteroatoms. The molecule has 0 saturated heterocycles. The van der Waals surface area contributed by atoms with E-state index in [1.807, 2.05) is 40.6 Å². The van der Waals surface area contributed by atoms with Gasteiger partial charge in [-0.2, -0.15) is 0 Å². The number of benzene rings is 2. The van der Waals surface area contributed by atoms with Crippen LogP contribution >= 0.6 is 11.3 Å². The number of rotatable bonds is 6. The summed E-state index contributed by atoms with van der Waals surface area (Å²) in [6.45, 7) is 0.502. The Bertz CT molecular complexity index is 911. The summed E-state index contributed by atoms with van der Waals surface area (Å²) in [6.07, 6.45) is 4.28. The van der Waals surface area contributed by atoms with Crippen molar-refractivity contribution in [3.8, 4) is 0 Å². The second kappa shape index (κ2) is 8.67. The smallest absolute Gasteiger partial charge is 0.257 e. The Labute approximate surface area is 169 Å². The number of ether oxygens (including phenoxy) is 1. The largest absolute Gasteiger partial charge is 0.367 e. The van der Waals surface area contributed by atoms with Gasteiger partial charge in [-0.25, -0.2) is 4.98 Å². The Kier molecular flexibility index (Phi) is 5.84. The van der Waals surface area contributed by atoms with Crippen LogP contribution in [0.25, 0.3) is 0 Å². The van der Waals surface area contributed by atoms with Crippen molar-refractivity contribution < 1.29 is 9.53 Å². The highest BCUT2D eigenvalue weighted by molar-refractivity contribution is 7.09. The quantitative estimate of drug-likeness (QED) is 0.597. The molecule has 2 atom stereocenters. The van der Waals surface area contributed by atoms with Crippen molar-refractivity contribution >= 4 is 17.2 Å². The van der Waals surface area contributed by atoms with Crippen LogP contribution in [0.4, 0.5) is 0 Å². The molecule has 3 aromatic rings. The van der Waals surface area contributed by atoms with Gasteiger partial charge in [-0.05, 0) is 36.0 Å². The molecule has 4 rings (SSSR count). The molecule has 1 heterocycles.